The molecule has 0 N–H and O–H groups in total. The van der Waals surface area contributed by atoms with Crippen LogP contribution in [0.4, 0.5) is 0 Å². The van der Waals surface area contributed by atoms with Gasteiger partial charge in [-0.3, -0.25) is 4.21 Å². The molecule has 1 fully saturated rings. The van der Waals surface area contributed by atoms with Crippen LogP contribution in [0.5, 0.6) is 0 Å². The third-order valence-electron chi connectivity index (χ3n) is 1.48. The summed E-state index contributed by atoms with van der Waals surface area (Å²) in [4.78, 5) is 11.2. The minimum atomic E-state index is -1.02. The van der Waals surface area contributed by atoms with E-state index in [1.165, 1.54) is 11.8 Å². The molecule has 5 heteroatoms. The summed E-state index contributed by atoms with van der Waals surface area (Å²) in [6.07, 6.45) is 0.938. The van der Waals surface area contributed by atoms with E-state index in [9.17, 15) is 9.00 Å². The molecular formula is C7H12O3S2. The van der Waals surface area contributed by atoms with Crippen molar-refractivity contribution in [3.63, 3.8) is 0 Å². The maximum atomic E-state index is 11.3. The third kappa shape index (κ3) is 2.48. The van der Waals surface area contributed by atoms with Gasteiger partial charge in [0.1, 0.15) is 0 Å². The van der Waals surface area contributed by atoms with Gasteiger partial charge in [0.2, 0.25) is 0 Å². The first-order chi connectivity index (χ1) is 5.75. The zero-order valence-corrected chi connectivity index (χ0v) is 8.58. The zero-order valence-electron chi connectivity index (χ0n) is 6.95. The predicted molar refractivity (Wildman–Crippen MR) is 50.5 cm³/mol. The van der Waals surface area contributed by atoms with E-state index < -0.39 is 15.4 Å². The van der Waals surface area contributed by atoms with Crippen molar-refractivity contribution in [3.05, 3.63) is 0 Å². The largest absolute Gasteiger partial charge is 0.464 e. The summed E-state index contributed by atoms with van der Waals surface area (Å²) < 4.78 is 15.7. The summed E-state index contributed by atoms with van der Waals surface area (Å²) in [6.45, 7) is 2.13. The van der Waals surface area contributed by atoms with Gasteiger partial charge in [0.25, 0.3) is 0 Å². The molecule has 0 spiro atoms. The number of carbonyl (C=O) groups excluding carboxylic acids is 1. The highest BCUT2D eigenvalue weighted by Gasteiger charge is 2.29. The average Bonchev–Trinajstić information content (AvgIpc) is 2.05. The van der Waals surface area contributed by atoms with E-state index in [-0.39, 0.29) is 5.97 Å². The fraction of sp³-hybridized carbons (Fsp3) is 0.857. The standard InChI is InChI=1S/C7H12O3S2/c1-2-10-6(8)7-11-4-3-5-12(7)9/h7H,2-5H2,1H3/t7?,12-/m1/s1. The molecule has 0 aromatic rings. The predicted octanol–water partition coefficient (Wildman–Crippen LogP) is 0.761. The van der Waals surface area contributed by atoms with E-state index in [2.05, 4.69) is 0 Å². The summed E-state index contributed by atoms with van der Waals surface area (Å²) in [5, 5.41) is 0. The number of carbonyl (C=O) groups is 1. The molecule has 1 unspecified atom stereocenters. The van der Waals surface area contributed by atoms with Gasteiger partial charge >= 0.3 is 5.97 Å². The molecular weight excluding hydrogens is 196 g/mol. The van der Waals surface area contributed by atoms with Crippen molar-refractivity contribution >= 4 is 28.5 Å². The van der Waals surface area contributed by atoms with Crippen molar-refractivity contribution in [1.82, 2.24) is 0 Å². The Labute approximate surface area is 78.7 Å². The molecule has 1 rings (SSSR count). The quantitative estimate of drug-likeness (QED) is 0.628. The number of rotatable bonds is 2. The topological polar surface area (TPSA) is 43.4 Å². The third-order valence-corrected chi connectivity index (χ3v) is 4.91. The molecule has 0 aromatic heterocycles. The molecule has 0 aromatic carbocycles. The monoisotopic (exact) mass is 208 g/mol. The second-order valence-electron chi connectivity index (χ2n) is 2.39. The van der Waals surface area contributed by atoms with Crippen LogP contribution in [0, 0.1) is 0 Å². The Morgan fingerprint density at radius 2 is 2.50 bits per heavy atom. The van der Waals surface area contributed by atoms with Gasteiger partial charge in [-0.25, -0.2) is 4.79 Å². The first kappa shape index (κ1) is 10.1. The van der Waals surface area contributed by atoms with Gasteiger partial charge in [0.05, 0.1) is 6.61 Å². The fourth-order valence-electron chi connectivity index (χ4n) is 0.960. The Morgan fingerprint density at radius 1 is 1.75 bits per heavy atom. The van der Waals surface area contributed by atoms with E-state index >= 15 is 0 Å². The van der Waals surface area contributed by atoms with Crippen LogP contribution in [0.25, 0.3) is 0 Å². The molecule has 0 amide bonds. The van der Waals surface area contributed by atoms with E-state index in [0.29, 0.717) is 12.4 Å². The summed E-state index contributed by atoms with van der Waals surface area (Å²) >= 11 is 1.44. The maximum absolute atomic E-state index is 11.3. The van der Waals surface area contributed by atoms with Crippen LogP contribution in [0.3, 0.4) is 0 Å². The molecule has 12 heavy (non-hydrogen) atoms. The summed E-state index contributed by atoms with van der Waals surface area (Å²) in [5.74, 6) is 1.23. The van der Waals surface area contributed by atoms with Gasteiger partial charge in [-0.05, 0) is 19.1 Å². The number of hydrogen-bond acceptors (Lipinski definition) is 4. The summed E-state index contributed by atoms with van der Waals surface area (Å²) in [5.41, 5.74) is 0. The molecule has 1 saturated heterocycles. The Hall–Kier alpha value is -0.0300. The molecule has 70 valence electrons. The van der Waals surface area contributed by atoms with Crippen molar-refractivity contribution in [2.45, 2.75) is 17.9 Å². The van der Waals surface area contributed by atoms with Gasteiger partial charge in [0.15, 0.2) is 4.58 Å². The van der Waals surface area contributed by atoms with Crippen LogP contribution in [-0.2, 0) is 20.3 Å². The summed E-state index contributed by atoms with van der Waals surface area (Å²) in [7, 11) is -1.02. The lowest BCUT2D eigenvalue weighted by atomic mass is 10.6. The number of esters is 1. The Bertz CT molecular complexity index is 193. The van der Waals surface area contributed by atoms with Crippen LogP contribution in [0.1, 0.15) is 13.3 Å². The molecule has 0 radical (unpaired) electrons. The SMILES string of the molecule is CCOC(=O)C1SCCC[S@]1=O. The highest BCUT2D eigenvalue weighted by atomic mass is 32.2. The van der Waals surface area contributed by atoms with Gasteiger partial charge in [-0.15, -0.1) is 11.8 Å². The van der Waals surface area contributed by atoms with Crippen LogP contribution >= 0.6 is 11.8 Å². The lowest BCUT2D eigenvalue weighted by Gasteiger charge is -2.18. The number of hydrogen-bond donors (Lipinski definition) is 0. The molecule has 2 atom stereocenters. The lowest BCUT2D eigenvalue weighted by Crippen LogP contribution is -2.30. The molecule has 1 aliphatic heterocycles. The van der Waals surface area contributed by atoms with Crippen LogP contribution in [0.15, 0.2) is 0 Å². The maximum Gasteiger partial charge on any atom is 0.332 e. The minimum absolute atomic E-state index is 0.319. The second-order valence-corrected chi connectivity index (χ2v) is 5.55. The van der Waals surface area contributed by atoms with Crippen LogP contribution < -0.4 is 0 Å². The average molecular weight is 208 g/mol. The lowest BCUT2D eigenvalue weighted by molar-refractivity contribution is -0.140. The van der Waals surface area contributed by atoms with Crippen molar-refractivity contribution in [1.29, 1.82) is 0 Å². The normalized spacial score (nSPS) is 29.8. The molecule has 0 bridgehead atoms. The van der Waals surface area contributed by atoms with Crippen molar-refractivity contribution in [3.8, 4) is 0 Å². The van der Waals surface area contributed by atoms with Gasteiger partial charge in [-0.2, -0.15) is 0 Å². The Balaban J connectivity index is 2.48. The zero-order chi connectivity index (χ0) is 8.97. The highest BCUT2D eigenvalue weighted by molar-refractivity contribution is 8.12. The Kier molecular flexibility index (Phi) is 4.08. The number of ether oxygens (including phenoxy) is 1. The van der Waals surface area contributed by atoms with E-state index in [4.69, 9.17) is 4.74 Å². The number of thioether (sulfide) groups is 1. The molecule has 0 aliphatic carbocycles. The van der Waals surface area contributed by atoms with Crippen molar-refractivity contribution < 1.29 is 13.7 Å². The van der Waals surface area contributed by atoms with Gasteiger partial charge < -0.3 is 4.74 Å². The van der Waals surface area contributed by atoms with E-state index in [0.717, 1.165) is 12.2 Å². The Morgan fingerprint density at radius 3 is 3.08 bits per heavy atom. The first-order valence-electron chi connectivity index (χ1n) is 3.91. The molecule has 1 heterocycles. The van der Waals surface area contributed by atoms with Gasteiger partial charge in [0, 0.05) is 16.6 Å². The molecule has 3 nitrogen and oxygen atoms in total. The summed E-state index contributed by atoms with van der Waals surface area (Å²) in [6, 6.07) is 0. The van der Waals surface area contributed by atoms with E-state index in [1.807, 2.05) is 0 Å². The fourth-order valence-corrected chi connectivity index (χ4v) is 3.98. The van der Waals surface area contributed by atoms with Crippen molar-refractivity contribution in [2.24, 2.45) is 0 Å². The minimum Gasteiger partial charge on any atom is -0.464 e. The molecule has 1 aliphatic rings. The molecule has 0 saturated carbocycles. The van der Waals surface area contributed by atoms with E-state index in [1.54, 1.807) is 6.92 Å². The smallest absolute Gasteiger partial charge is 0.332 e. The van der Waals surface area contributed by atoms with Crippen LogP contribution in [0.2, 0.25) is 0 Å². The van der Waals surface area contributed by atoms with Gasteiger partial charge in [-0.1, -0.05) is 0 Å². The first-order valence-corrected chi connectivity index (χ1v) is 6.34. The van der Waals surface area contributed by atoms with Crippen LogP contribution in [-0.4, -0.2) is 32.9 Å². The second kappa shape index (κ2) is 4.87. The van der Waals surface area contributed by atoms with Crippen molar-refractivity contribution in [2.75, 3.05) is 18.1 Å². The highest BCUT2D eigenvalue weighted by Crippen LogP contribution is 2.23.